The molecule has 4 aromatic rings. The number of aromatic nitrogens is 1. The van der Waals surface area contributed by atoms with Crippen molar-refractivity contribution in [3.63, 3.8) is 0 Å². The Hall–Kier alpha value is -2.74. The summed E-state index contributed by atoms with van der Waals surface area (Å²) >= 11 is 0. The van der Waals surface area contributed by atoms with E-state index >= 15 is 0 Å². The predicted molar refractivity (Wildman–Crippen MR) is 88.8 cm³/mol. The third-order valence-corrected chi connectivity index (χ3v) is 4.03. The lowest BCUT2D eigenvalue weighted by Gasteiger charge is -2.03. The molecule has 0 atom stereocenters. The molecule has 0 saturated heterocycles. The Morgan fingerprint density at radius 1 is 0.667 bits per heavy atom. The van der Waals surface area contributed by atoms with E-state index in [0.717, 1.165) is 17.5 Å². The predicted octanol–water partition coefficient (Wildman–Crippen LogP) is 4.10. The number of fused-ring (bicyclic) bond motifs is 3. The van der Waals surface area contributed by atoms with Crippen LogP contribution in [0.15, 0.2) is 72.8 Å². The van der Waals surface area contributed by atoms with Gasteiger partial charge in [-0.15, -0.1) is 0 Å². The van der Waals surface area contributed by atoms with Gasteiger partial charge in [0.1, 0.15) is 0 Å². The molecular weight excluding hydrogens is 256 g/mol. The van der Waals surface area contributed by atoms with Crippen LogP contribution >= 0.6 is 0 Å². The first-order chi connectivity index (χ1) is 10.3. The molecule has 3 aromatic carbocycles. The summed E-state index contributed by atoms with van der Waals surface area (Å²) in [4.78, 5) is 0. The fourth-order valence-corrected chi connectivity index (χ4v) is 2.99. The van der Waals surface area contributed by atoms with Gasteiger partial charge in [-0.3, -0.25) is 4.68 Å². The van der Waals surface area contributed by atoms with Crippen molar-refractivity contribution in [1.29, 1.82) is 0 Å². The molecule has 0 aliphatic rings. The Morgan fingerprint density at radius 2 is 1.38 bits per heavy atom. The van der Waals surface area contributed by atoms with Crippen LogP contribution in [0.3, 0.4) is 0 Å². The summed E-state index contributed by atoms with van der Waals surface area (Å²) in [5.74, 6) is 6.19. The van der Waals surface area contributed by atoms with Gasteiger partial charge in [0.25, 0.3) is 0 Å². The van der Waals surface area contributed by atoms with E-state index in [1.807, 2.05) is 6.07 Å². The molecule has 1 heterocycles. The largest absolute Gasteiger partial charge is 0.339 e. The molecule has 0 unspecified atom stereocenters. The van der Waals surface area contributed by atoms with Gasteiger partial charge in [0.2, 0.25) is 0 Å². The Bertz CT molecular complexity index is 920. The van der Waals surface area contributed by atoms with Gasteiger partial charge in [0, 0.05) is 10.8 Å². The number of nitrogens with two attached hydrogens (primary N) is 1. The number of rotatable bonds is 2. The molecule has 0 radical (unpaired) electrons. The second kappa shape index (κ2) is 4.67. The fraction of sp³-hybridized carbons (Fsp3) is 0.0526. The molecule has 0 aliphatic carbocycles. The first-order valence-electron chi connectivity index (χ1n) is 7.14. The number of nitrogens with zero attached hydrogens (tertiary/aromatic N) is 1. The molecule has 0 saturated carbocycles. The number of hydrogen-bond acceptors (Lipinski definition) is 1. The van der Waals surface area contributed by atoms with Gasteiger partial charge in [0.05, 0.1) is 11.0 Å². The van der Waals surface area contributed by atoms with Crippen molar-refractivity contribution >= 4 is 21.8 Å². The average molecular weight is 272 g/mol. The van der Waals surface area contributed by atoms with Crippen LogP contribution in [0.5, 0.6) is 0 Å². The van der Waals surface area contributed by atoms with Crippen molar-refractivity contribution in [1.82, 2.24) is 4.68 Å². The minimum atomic E-state index is 0.945. The smallest absolute Gasteiger partial charge is 0.0703 e. The highest BCUT2D eigenvalue weighted by molar-refractivity contribution is 6.08. The van der Waals surface area contributed by atoms with Crippen LogP contribution < -0.4 is 5.84 Å². The van der Waals surface area contributed by atoms with E-state index in [1.165, 1.54) is 21.9 Å². The highest BCUT2D eigenvalue weighted by Gasteiger charge is 2.08. The third-order valence-electron chi connectivity index (χ3n) is 4.03. The highest BCUT2D eigenvalue weighted by atomic mass is 15.3. The monoisotopic (exact) mass is 272 g/mol. The van der Waals surface area contributed by atoms with E-state index in [1.54, 1.807) is 4.68 Å². The summed E-state index contributed by atoms with van der Waals surface area (Å²) in [5, 5.41) is 2.44. The van der Waals surface area contributed by atoms with Crippen molar-refractivity contribution in [3.8, 4) is 0 Å². The van der Waals surface area contributed by atoms with Gasteiger partial charge in [0.15, 0.2) is 0 Å². The molecular formula is C19H16N2. The number of para-hydroxylation sites is 1. The van der Waals surface area contributed by atoms with Gasteiger partial charge in [-0.2, -0.15) is 0 Å². The fourth-order valence-electron chi connectivity index (χ4n) is 2.99. The Labute approximate surface area is 123 Å². The summed E-state index contributed by atoms with van der Waals surface area (Å²) in [6, 6.07) is 25.4. The molecule has 2 nitrogen and oxygen atoms in total. The van der Waals surface area contributed by atoms with Crippen LogP contribution in [0.1, 0.15) is 11.1 Å². The Kier molecular flexibility index (Phi) is 2.68. The van der Waals surface area contributed by atoms with Crippen molar-refractivity contribution in [2.24, 2.45) is 0 Å². The zero-order valence-electron chi connectivity index (χ0n) is 11.7. The first kappa shape index (κ1) is 12.0. The van der Waals surface area contributed by atoms with E-state index in [9.17, 15) is 0 Å². The quantitative estimate of drug-likeness (QED) is 0.547. The lowest BCUT2D eigenvalue weighted by molar-refractivity contribution is 1.12. The van der Waals surface area contributed by atoms with E-state index in [0.29, 0.717) is 0 Å². The molecule has 21 heavy (non-hydrogen) atoms. The standard InChI is InChI=1S/C19H16N2/c20-21-18-9-5-4-8-16(18)17-13-15(10-11-19(17)21)12-14-6-2-1-3-7-14/h1-11,13H,12,20H2. The number of hydrogen-bond donors (Lipinski definition) is 1. The Morgan fingerprint density at radius 3 is 2.24 bits per heavy atom. The maximum absolute atomic E-state index is 6.19. The lowest BCUT2D eigenvalue weighted by atomic mass is 10.0. The number of benzene rings is 3. The van der Waals surface area contributed by atoms with Crippen LogP contribution in [-0.4, -0.2) is 4.68 Å². The average Bonchev–Trinajstić information content (AvgIpc) is 2.82. The van der Waals surface area contributed by atoms with Gasteiger partial charge in [-0.25, -0.2) is 0 Å². The van der Waals surface area contributed by atoms with Crippen molar-refractivity contribution in [3.05, 3.63) is 83.9 Å². The minimum Gasteiger partial charge on any atom is -0.339 e. The van der Waals surface area contributed by atoms with Gasteiger partial charge in [-0.1, -0.05) is 54.6 Å². The third kappa shape index (κ3) is 1.96. The van der Waals surface area contributed by atoms with Crippen molar-refractivity contribution < 1.29 is 0 Å². The van der Waals surface area contributed by atoms with Crippen LogP contribution in [0, 0.1) is 0 Å². The van der Waals surface area contributed by atoms with E-state index in [-0.39, 0.29) is 0 Å². The normalized spacial score (nSPS) is 11.2. The summed E-state index contributed by atoms with van der Waals surface area (Å²) < 4.78 is 1.77. The van der Waals surface area contributed by atoms with Crippen molar-refractivity contribution in [2.45, 2.75) is 6.42 Å². The van der Waals surface area contributed by atoms with Crippen LogP contribution in [0.4, 0.5) is 0 Å². The Balaban J connectivity index is 1.88. The summed E-state index contributed by atoms with van der Waals surface area (Å²) in [5.41, 5.74) is 4.79. The molecule has 2 N–H and O–H groups in total. The molecule has 2 heteroatoms. The van der Waals surface area contributed by atoms with E-state index in [2.05, 4.69) is 66.7 Å². The second-order valence-electron chi connectivity index (χ2n) is 5.40. The zero-order valence-corrected chi connectivity index (χ0v) is 11.7. The molecule has 0 fully saturated rings. The number of nitrogen functional groups attached to an aromatic ring is 1. The first-order valence-corrected chi connectivity index (χ1v) is 7.14. The van der Waals surface area contributed by atoms with Crippen LogP contribution in [0.25, 0.3) is 21.8 Å². The molecule has 1 aromatic heterocycles. The van der Waals surface area contributed by atoms with Gasteiger partial charge >= 0.3 is 0 Å². The molecule has 0 bridgehead atoms. The molecule has 4 rings (SSSR count). The lowest BCUT2D eigenvalue weighted by Crippen LogP contribution is -2.06. The molecule has 0 aliphatic heterocycles. The molecule has 102 valence electrons. The summed E-state index contributed by atoms with van der Waals surface area (Å²) in [6.45, 7) is 0. The maximum Gasteiger partial charge on any atom is 0.0703 e. The second-order valence-corrected chi connectivity index (χ2v) is 5.40. The van der Waals surface area contributed by atoms with E-state index in [4.69, 9.17) is 5.84 Å². The topological polar surface area (TPSA) is 30.9 Å². The van der Waals surface area contributed by atoms with Crippen molar-refractivity contribution in [2.75, 3.05) is 5.84 Å². The van der Waals surface area contributed by atoms with Gasteiger partial charge in [-0.05, 0) is 35.7 Å². The van der Waals surface area contributed by atoms with Crippen LogP contribution in [0.2, 0.25) is 0 Å². The summed E-state index contributed by atoms with van der Waals surface area (Å²) in [7, 11) is 0. The van der Waals surface area contributed by atoms with E-state index < -0.39 is 0 Å². The summed E-state index contributed by atoms with van der Waals surface area (Å²) in [6.07, 6.45) is 0.945. The SMILES string of the molecule is Nn1c2ccccc2c2cc(Cc3ccccc3)ccc21. The molecule has 0 amide bonds. The highest BCUT2D eigenvalue weighted by Crippen LogP contribution is 2.28. The maximum atomic E-state index is 6.19. The molecule has 0 spiro atoms. The zero-order chi connectivity index (χ0) is 14.2. The van der Waals surface area contributed by atoms with Crippen LogP contribution in [-0.2, 0) is 6.42 Å². The van der Waals surface area contributed by atoms with Gasteiger partial charge < -0.3 is 5.84 Å². The minimum absolute atomic E-state index is 0.945.